The molecule has 1 heterocycles. The molecule has 0 aromatic heterocycles. The molecule has 0 spiro atoms. The van der Waals surface area contributed by atoms with Crippen LogP contribution < -0.4 is 4.74 Å². The molecule has 4 atom stereocenters. The maximum Gasteiger partial charge on any atom is 0.341 e. The average molecular weight is 499 g/mol. The van der Waals surface area contributed by atoms with Gasteiger partial charge < -0.3 is 14.6 Å². The smallest absolute Gasteiger partial charge is 0.341 e. The van der Waals surface area contributed by atoms with Crippen molar-refractivity contribution in [3.63, 3.8) is 0 Å². The summed E-state index contributed by atoms with van der Waals surface area (Å²) in [6.45, 7) is 5.35. The van der Waals surface area contributed by atoms with Crippen LogP contribution in [-0.4, -0.2) is 17.7 Å². The fourth-order valence-corrected chi connectivity index (χ4v) is 4.76. The van der Waals surface area contributed by atoms with Crippen LogP contribution in [0.15, 0.2) is 78.9 Å². The van der Waals surface area contributed by atoms with Gasteiger partial charge in [0.05, 0.1) is 12.2 Å². The summed E-state index contributed by atoms with van der Waals surface area (Å²) < 4.78 is 40.5. The van der Waals surface area contributed by atoms with Gasteiger partial charge in [0.1, 0.15) is 5.82 Å². The molecule has 182 valence electrons. The topological polar surface area (TPSA) is 55.8 Å². The number of ether oxygens (including phenoxy) is 2. The normalized spacial score (nSPS) is 21.9. The first-order valence-electron chi connectivity index (χ1n) is 11.2. The lowest BCUT2D eigenvalue weighted by atomic mass is 9.74. The second-order valence-electron chi connectivity index (χ2n) is 8.72. The summed E-state index contributed by atoms with van der Waals surface area (Å²) in [5, 5.41) is 9.68. The van der Waals surface area contributed by atoms with Crippen LogP contribution in [-0.2, 0) is 9.53 Å². The van der Waals surface area contributed by atoms with E-state index in [0.29, 0.717) is 17.0 Å². The Kier molecular flexibility index (Phi) is 7.53. The molecule has 0 unspecified atom stereocenters. The number of para-hydroxylation sites is 1. The number of carboxylic acids is 1. The molecule has 0 aliphatic carbocycles. The summed E-state index contributed by atoms with van der Waals surface area (Å²) in [6.07, 6.45) is -0.544. The van der Waals surface area contributed by atoms with Crippen molar-refractivity contribution < 1.29 is 28.2 Å². The van der Waals surface area contributed by atoms with Gasteiger partial charge in [-0.3, -0.25) is 0 Å². The number of rotatable bonds is 7. The Morgan fingerprint density at radius 3 is 2.34 bits per heavy atom. The number of halogens is 3. The van der Waals surface area contributed by atoms with Crippen LogP contribution in [0.5, 0.6) is 5.75 Å². The van der Waals surface area contributed by atoms with E-state index in [-0.39, 0.29) is 23.4 Å². The third-order valence-corrected chi connectivity index (χ3v) is 6.56. The largest absolute Gasteiger partial charge is 0.479 e. The average Bonchev–Trinajstić information content (AvgIpc) is 2.83. The highest BCUT2D eigenvalue weighted by Gasteiger charge is 2.42. The summed E-state index contributed by atoms with van der Waals surface area (Å²) >= 11 is 6.11. The minimum absolute atomic E-state index is 0.118. The number of carbonyl (C=O) groups is 1. The highest BCUT2D eigenvalue weighted by molar-refractivity contribution is 6.30. The van der Waals surface area contributed by atoms with E-state index < -0.39 is 30.6 Å². The lowest BCUT2D eigenvalue weighted by Gasteiger charge is -2.43. The summed E-state index contributed by atoms with van der Waals surface area (Å²) in [7, 11) is 0. The molecule has 4 nitrogen and oxygen atoms in total. The van der Waals surface area contributed by atoms with Gasteiger partial charge in [-0.15, -0.1) is 0 Å². The molecule has 0 radical (unpaired) electrons. The monoisotopic (exact) mass is 498 g/mol. The van der Waals surface area contributed by atoms with E-state index in [1.54, 1.807) is 18.2 Å². The summed E-state index contributed by atoms with van der Waals surface area (Å²) in [6, 6.07) is 18.0. The fourth-order valence-electron chi connectivity index (χ4n) is 4.64. The third-order valence-electron chi connectivity index (χ3n) is 6.31. The highest BCUT2D eigenvalue weighted by Crippen LogP contribution is 2.53. The van der Waals surface area contributed by atoms with Gasteiger partial charge in [0.25, 0.3) is 0 Å². The van der Waals surface area contributed by atoms with Crippen LogP contribution >= 0.6 is 11.6 Å². The zero-order chi connectivity index (χ0) is 25.1. The standard InChI is InChI=1S/C28H25ClF2O4/c1-16(2)22-14-23(17-6-10-19(29)11-7-17)26(18-8-12-20(30)13-9-18)35-27(22)21-4-3-5-24(31)28(21)34-15-25(32)33/h3-13,22-23,26-27H,1,14-15H2,2H3,(H,32,33)/t22-,23-,26+,27-/m1/s1. The molecule has 1 aliphatic heterocycles. The van der Waals surface area contributed by atoms with Gasteiger partial charge in [-0.25, -0.2) is 13.6 Å². The molecule has 1 fully saturated rings. The number of hydrogen-bond acceptors (Lipinski definition) is 3. The molecule has 7 heteroatoms. The molecule has 0 bridgehead atoms. The molecule has 0 amide bonds. The minimum atomic E-state index is -1.22. The SMILES string of the molecule is C=C(C)[C@H]1C[C@H](c2ccc(Cl)cc2)[C@H](c2ccc(F)cc2)O[C@@H]1c1cccc(F)c1OCC(=O)O. The van der Waals surface area contributed by atoms with E-state index in [9.17, 15) is 13.6 Å². The molecular formula is C28H25ClF2O4. The first kappa shape index (κ1) is 24.9. The van der Waals surface area contributed by atoms with Crippen molar-refractivity contribution in [2.45, 2.75) is 31.5 Å². The Bertz CT molecular complexity index is 1210. The summed E-state index contributed by atoms with van der Waals surface area (Å²) in [5.74, 6) is -2.75. The number of carboxylic acid groups (broad SMARTS) is 1. The fraction of sp³-hybridized carbons (Fsp3) is 0.250. The molecule has 35 heavy (non-hydrogen) atoms. The van der Waals surface area contributed by atoms with Crippen molar-refractivity contribution in [1.82, 2.24) is 0 Å². The predicted octanol–water partition coefficient (Wildman–Crippen LogP) is 7.26. The molecular weight excluding hydrogens is 474 g/mol. The van der Waals surface area contributed by atoms with Gasteiger partial charge in [0.15, 0.2) is 18.2 Å². The van der Waals surface area contributed by atoms with Crippen LogP contribution in [0.3, 0.4) is 0 Å². The quantitative estimate of drug-likeness (QED) is 0.348. The van der Waals surface area contributed by atoms with Gasteiger partial charge >= 0.3 is 5.97 Å². The van der Waals surface area contributed by atoms with E-state index in [0.717, 1.165) is 16.7 Å². The van der Waals surface area contributed by atoms with Crippen LogP contribution in [0.4, 0.5) is 8.78 Å². The molecule has 1 aliphatic rings. The number of benzene rings is 3. The van der Waals surface area contributed by atoms with E-state index in [2.05, 4.69) is 6.58 Å². The zero-order valence-corrected chi connectivity index (χ0v) is 19.8. The second-order valence-corrected chi connectivity index (χ2v) is 9.15. The van der Waals surface area contributed by atoms with Crippen LogP contribution in [0.25, 0.3) is 0 Å². The molecule has 3 aromatic rings. The van der Waals surface area contributed by atoms with Crippen LogP contribution in [0.1, 0.15) is 48.2 Å². The molecule has 4 rings (SSSR count). The summed E-state index contributed by atoms with van der Waals surface area (Å²) in [5.41, 5.74) is 3.00. The van der Waals surface area contributed by atoms with Crippen LogP contribution in [0, 0.1) is 17.6 Å². The minimum Gasteiger partial charge on any atom is -0.479 e. The molecule has 1 N–H and O–H groups in total. The third kappa shape index (κ3) is 5.55. The van der Waals surface area contributed by atoms with Gasteiger partial charge in [0, 0.05) is 22.4 Å². The molecule has 0 saturated carbocycles. The van der Waals surface area contributed by atoms with Crippen molar-refractivity contribution in [3.05, 3.63) is 112 Å². The Morgan fingerprint density at radius 2 is 1.71 bits per heavy atom. The first-order chi connectivity index (χ1) is 16.7. The highest BCUT2D eigenvalue weighted by atomic mass is 35.5. The van der Waals surface area contributed by atoms with Crippen LogP contribution in [0.2, 0.25) is 5.02 Å². The van der Waals surface area contributed by atoms with Gasteiger partial charge in [-0.05, 0) is 54.8 Å². The second kappa shape index (κ2) is 10.6. The predicted molar refractivity (Wildman–Crippen MR) is 130 cm³/mol. The Balaban J connectivity index is 1.80. The Morgan fingerprint density at radius 1 is 1.06 bits per heavy atom. The molecule has 1 saturated heterocycles. The van der Waals surface area contributed by atoms with E-state index >= 15 is 0 Å². The maximum atomic E-state index is 14.8. The van der Waals surface area contributed by atoms with E-state index in [1.165, 1.54) is 24.3 Å². The molecule has 3 aromatic carbocycles. The van der Waals surface area contributed by atoms with E-state index in [1.807, 2.05) is 31.2 Å². The Labute approximate surface area is 207 Å². The number of hydrogen-bond donors (Lipinski definition) is 1. The van der Waals surface area contributed by atoms with Gasteiger partial charge in [0.2, 0.25) is 0 Å². The van der Waals surface area contributed by atoms with Crippen molar-refractivity contribution in [2.24, 2.45) is 5.92 Å². The van der Waals surface area contributed by atoms with Gasteiger partial charge in [-0.1, -0.05) is 60.2 Å². The Hall–Kier alpha value is -3.22. The van der Waals surface area contributed by atoms with Crippen molar-refractivity contribution in [3.8, 4) is 5.75 Å². The van der Waals surface area contributed by atoms with Crippen molar-refractivity contribution >= 4 is 17.6 Å². The lowest BCUT2D eigenvalue weighted by Crippen LogP contribution is -2.32. The van der Waals surface area contributed by atoms with Crippen molar-refractivity contribution in [2.75, 3.05) is 6.61 Å². The van der Waals surface area contributed by atoms with Gasteiger partial charge in [-0.2, -0.15) is 0 Å². The number of aliphatic carboxylic acids is 1. The van der Waals surface area contributed by atoms with Crippen molar-refractivity contribution in [1.29, 1.82) is 0 Å². The first-order valence-corrected chi connectivity index (χ1v) is 11.6. The van der Waals surface area contributed by atoms with E-state index in [4.69, 9.17) is 26.2 Å². The zero-order valence-electron chi connectivity index (χ0n) is 19.1. The lowest BCUT2D eigenvalue weighted by molar-refractivity contribution is -0.139. The maximum absolute atomic E-state index is 14.8. The summed E-state index contributed by atoms with van der Waals surface area (Å²) in [4.78, 5) is 11.1.